The monoisotopic (exact) mass is 417 g/mol. The Labute approximate surface area is 178 Å². The molecule has 1 aromatic heterocycles. The summed E-state index contributed by atoms with van der Waals surface area (Å²) in [6.45, 7) is 3.51. The number of hydrogen-bond donors (Lipinski definition) is 1. The molecule has 1 atom stereocenters. The molecule has 4 rings (SSSR count). The highest BCUT2D eigenvalue weighted by Gasteiger charge is 2.25. The number of carbonyl (C=O) groups is 2. The number of hydrogen-bond acceptors (Lipinski definition) is 4. The van der Waals surface area contributed by atoms with E-state index in [0.29, 0.717) is 28.0 Å². The molecule has 0 aliphatic heterocycles. The molecule has 5 nitrogen and oxygen atoms in total. The fourth-order valence-electron chi connectivity index (χ4n) is 3.16. The third kappa shape index (κ3) is 4.33. The summed E-state index contributed by atoms with van der Waals surface area (Å²) in [5.74, 6) is -0.787. The average molecular weight is 417 g/mol. The van der Waals surface area contributed by atoms with Crippen molar-refractivity contribution in [2.24, 2.45) is 0 Å². The summed E-state index contributed by atoms with van der Waals surface area (Å²) < 4.78 is 24.5. The predicted octanol–water partition coefficient (Wildman–Crippen LogP) is 5.52. The van der Waals surface area contributed by atoms with Gasteiger partial charge in [-0.3, -0.25) is 9.59 Å². The summed E-state index contributed by atoms with van der Waals surface area (Å²) in [6, 6.07) is 19.6. The van der Waals surface area contributed by atoms with Crippen LogP contribution >= 0.6 is 0 Å². The van der Waals surface area contributed by atoms with Crippen molar-refractivity contribution >= 4 is 28.3 Å². The fraction of sp³-hybridized carbons (Fsp3) is 0.120. The molecule has 0 aliphatic rings. The summed E-state index contributed by atoms with van der Waals surface area (Å²) in [6.07, 6.45) is -0.888. The molecular formula is C25H20FNO4. The molecule has 3 aromatic carbocycles. The van der Waals surface area contributed by atoms with Crippen molar-refractivity contribution in [2.75, 3.05) is 5.32 Å². The van der Waals surface area contributed by atoms with Gasteiger partial charge in [-0.05, 0) is 50.2 Å². The van der Waals surface area contributed by atoms with Gasteiger partial charge in [-0.1, -0.05) is 42.0 Å². The van der Waals surface area contributed by atoms with Crippen LogP contribution in [0.2, 0.25) is 0 Å². The average Bonchev–Trinajstić information content (AvgIpc) is 3.13. The number of ether oxygens (including phenoxy) is 1. The largest absolute Gasteiger partial charge is 0.481 e. The Morgan fingerprint density at radius 3 is 2.35 bits per heavy atom. The van der Waals surface area contributed by atoms with Gasteiger partial charge in [-0.25, -0.2) is 4.39 Å². The minimum Gasteiger partial charge on any atom is -0.481 e. The molecule has 0 bridgehead atoms. The zero-order valence-corrected chi connectivity index (χ0v) is 17.0. The molecule has 0 unspecified atom stereocenters. The predicted molar refractivity (Wildman–Crippen MR) is 116 cm³/mol. The molecule has 0 spiro atoms. The lowest BCUT2D eigenvalue weighted by Crippen LogP contribution is -2.30. The molecule has 1 N–H and O–H groups in total. The number of ketones is 1. The summed E-state index contributed by atoms with van der Waals surface area (Å²) >= 11 is 0. The van der Waals surface area contributed by atoms with Crippen molar-refractivity contribution in [3.8, 4) is 5.75 Å². The maximum absolute atomic E-state index is 13.1. The van der Waals surface area contributed by atoms with Gasteiger partial charge in [0.15, 0.2) is 11.9 Å². The van der Waals surface area contributed by atoms with E-state index in [1.807, 2.05) is 19.1 Å². The second-order valence-corrected chi connectivity index (χ2v) is 7.20. The summed E-state index contributed by atoms with van der Waals surface area (Å²) in [7, 11) is 0. The Morgan fingerprint density at radius 2 is 1.65 bits per heavy atom. The van der Waals surface area contributed by atoms with E-state index in [-0.39, 0.29) is 11.5 Å². The topological polar surface area (TPSA) is 68.5 Å². The highest BCUT2D eigenvalue weighted by Crippen LogP contribution is 2.33. The molecule has 0 saturated carbocycles. The van der Waals surface area contributed by atoms with Gasteiger partial charge in [0, 0.05) is 10.9 Å². The molecule has 1 heterocycles. The number of halogens is 1. The molecule has 4 aromatic rings. The van der Waals surface area contributed by atoms with E-state index in [0.717, 1.165) is 5.56 Å². The Bertz CT molecular complexity index is 1240. The third-order valence-corrected chi connectivity index (χ3v) is 4.86. The van der Waals surface area contributed by atoms with Gasteiger partial charge in [-0.2, -0.15) is 0 Å². The lowest BCUT2D eigenvalue weighted by atomic mass is 10.1. The normalized spacial score (nSPS) is 11.8. The minimum absolute atomic E-state index is 0.0485. The van der Waals surface area contributed by atoms with Crippen LogP contribution in [0.25, 0.3) is 11.0 Å². The summed E-state index contributed by atoms with van der Waals surface area (Å²) in [5, 5.41) is 3.39. The second-order valence-electron chi connectivity index (χ2n) is 7.20. The Morgan fingerprint density at radius 1 is 0.968 bits per heavy atom. The number of amides is 1. The molecule has 1 amide bonds. The van der Waals surface area contributed by atoms with E-state index in [1.165, 1.54) is 24.3 Å². The molecule has 0 aliphatic carbocycles. The first-order valence-corrected chi connectivity index (χ1v) is 9.78. The SMILES string of the molecule is Cc1ccc(C(=O)c2oc3ccccc3c2NC(=O)[C@H](C)Oc2ccc(F)cc2)cc1. The van der Waals surface area contributed by atoms with Crippen molar-refractivity contribution in [3.05, 3.63) is 95.5 Å². The first kappa shape index (κ1) is 20.3. The first-order chi connectivity index (χ1) is 14.9. The van der Waals surface area contributed by atoms with Crippen LogP contribution in [0, 0.1) is 12.7 Å². The third-order valence-electron chi connectivity index (χ3n) is 4.86. The number of benzene rings is 3. The molecule has 31 heavy (non-hydrogen) atoms. The van der Waals surface area contributed by atoms with E-state index in [2.05, 4.69) is 5.32 Å². The molecule has 0 radical (unpaired) electrons. The van der Waals surface area contributed by atoms with E-state index in [1.54, 1.807) is 43.3 Å². The lowest BCUT2D eigenvalue weighted by Gasteiger charge is -2.15. The lowest BCUT2D eigenvalue weighted by molar-refractivity contribution is -0.122. The van der Waals surface area contributed by atoms with Crippen LogP contribution in [0.1, 0.15) is 28.6 Å². The van der Waals surface area contributed by atoms with Crippen LogP contribution in [0.15, 0.2) is 77.2 Å². The van der Waals surface area contributed by atoms with Gasteiger partial charge in [0.1, 0.15) is 17.1 Å². The molecule has 156 valence electrons. The molecule has 0 fully saturated rings. The highest BCUT2D eigenvalue weighted by atomic mass is 19.1. The van der Waals surface area contributed by atoms with Gasteiger partial charge in [0.2, 0.25) is 5.78 Å². The van der Waals surface area contributed by atoms with E-state index < -0.39 is 17.8 Å². The van der Waals surface area contributed by atoms with Crippen LogP contribution in [-0.4, -0.2) is 17.8 Å². The van der Waals surface area contributed by atoms with Crippen LogP contribution in [0.4, 0.5) is 10.1 Å². The van der Waals surface area contributed by atoms with E-state index in [9.17, 15) is 14.0 Å². The Balaban J connectivity index is 1.63. The number of nitrogens with one attached hydrogen (secondary N) is 1. The number of para-hydroxylation sites is 1. The second kappa shape index (κ2) is 8.44. The van der Waals surface area contributed by atoms with Crippen molar-refractivity contribution in [1.29, 1.82) is 0 Å². The standard InChI is InChI=1S/C25H20FNO4/c1-15-7-9-17(10-8-15)23(28)24-22(20-5-3-4-6-21(20)31-24)27-25(29)16(2)30-19-13-11-18(26)12-14-19/h3-14,16H,1-2H3,(H,27,29)/t16-/m0/s1. The summed E-state index contributed by atoms with van der Waals surface area (Å²) in [5.41, 5.74) is 2.26. The van der Waals surface area contributed by atoms with Gasteiger partial charge >= 0.3 is 0 Å². The Kier molecular flexibility index (Phi) is 5.54. The van der Waals surface area contributed by atoms with Crippen LogP contribution < -0.4 is 10.1 Å². The zero-order valence-electron chi connectivity index (χ0n) is 17.0. The number of rotatable bonds is 6. The molecular weight excluding hydrogens is 397 g/mol. The van der Waals surface area contributed by atoms with Crippen LogP contribution in [-0.2, 0) is 4.79 Å². The minimum atomic E-state index is -0.888. The summed E-state index contributed by atoms with van der Waals surface area (Å²) in [4.78, 5) is 25.9. The van der Waals surface area contributed by atoms with Crippen molar-refractivity contribution < 1.29 is 23.1 Å². The zero-order chi connectivity index (χ0) is 22.0. The smallest absolute Gasteiger partial charge is 0.265 e. The first-order valence-electron chi connectivity index (χ1n) is 9.78. The number of carbonyl (C=O) groups excluding carboxylic acids is 2. The maximum atomic E-state index is 13.1. The van der Waals surface area contributed by atoms with Crippen molar-refractivity contribution in [2.45, 2.75) is 20.0 Å². The maximum Gasteiger partial charge on any atom is 0.265 e. The van der Waals surface area contributed by atoms with Crippen molar-refractivity contribution in [1.82, 2.24) is 0 Å². The van der Waals surface area contributed by atoms with E-state index >= 15 is 0 Å². The number of fused-ring (bicyclic) bond motifs is 1. The van der Waals surface area contributed by atoms with Crippen LogP contribution in [0.5, 0.6) is 5.75 Å². The number of anilines is 1. The highest BCUT2D eigenvalue weighted by molar-refractivity contribution is 6.17. The van der Waals surface area contributed by atoms with Gasteiger partial charge in [-0.15, -0.1) is 0 Å². The van der Waals surface area contributed by atoms with Gasteiger partial charge < -0.3 is 14.5 Å². The Hall–Kier alpha value is -3.93. The molecule has 0 saturated heterocycles. The fourth-order valence-corrected chi connectivity index (χ4v) is 3.16. The van der Waals surface area contributed by atoms with Gasteiger partial charge in [0.25, 0.3) is 5.91 Å². The number of aryl methyl sites for hydroxylation is 1. The van der Waals surface area contributed by atoms with Crippen LogP contribution in [0.3, 0.4) is 0 Å². The van der Waals surface area contributed by atoms with Crippen molar-refractivity contribution in [3.63, 3.8) is 0 Å². The quantitative estimate of drug-likeness (QED) is 0.420. The van der Waals surface area contributed by atoms with Gasteiger partial charge in [0.05, 0.1) is 5.69 Å². The molecule has 6 heteroatoms. The number of furan rings is 1. The van der Waals surface area contributed by atoms with E-state index in [4.69, 9.17) is 9.15 Å².